The summed E-state index contributed by atoms with van der Waals surface area (Å²) in [6.45, 7) is 12.5. The number of nitrogens with one attached hydrogen (secondary N) is 1. The van der Waals surface area contributed by atoms with Gasteiger partial charge < -0.3 is 14.8 Å². The predicted octanol–water partition coefficient (Wildman–Crippen LogP) is 4.11. The zero-order valence-electron chi connectivity index (χ0n) is 13.9. The van der Waals surface area contributed by atoms with Crippen LogP contribution in [0.5, 0.6) is 0 Å². The zero-order chi connectivity index (χ0) is 15.5. The number of rotatable bonds is 5. The van der Waals surface area contributed by atoms with Gasteiger partial charge in [0.05, 0.1) is 24.9 Å². The summed E-state index contributed by atoms with van der Waals surface area (Å²) in [5.74, 6) is 0. The van der Waals surface area contributed by atoms with E-state index in [1.54, 1.807) is 0 Å². The van der Waals surface area contributed by atoms with Crippen molar-refractivity contribution in [2.45, 2.75) is 84.5 Å². The maximum Gasteiger partial charge on any atom is 0.0813 e. The third-order valence-electron chi connectivity index (χ3n) is 3.63. The molecule has 1 aromatic rings. The second-order valence-corrected chi connectivity index (χ2v) is 8.39. The Morgan fingerprint density at radius 1 is 1.19 bits per heavy atom. The van der Waals surface area contributed by atoms with Gasteiger partial charge in [-0.25, -0.2) is 0 Å². The van der Waals surface area contributed by atoms with E-state index < -0.39 is 0 Å². The van der Waals surface area contributed by atoms with Gasteiger partial charge in [-0.2, -0.15) is 0 Å². The Morgan fingerprint density at radius 2 is 1.81 bits per heavy atom. The van der Waals surface area contributed by atoms with Crippen LogP contribution in [-0.2, 0) is 22.6 Å². The fourth-order valence-corrected chi connectivity index (χ4v) is 3.51. The molecule has 0 saturated carbocycles. The molecule has 2 heterocycles. The Labute approximate surface area is 133 Å². The van der Waals surface area contributed by atoms with Gasteiger partial charge in [0.15, 0.2) is 0 Å². The number of hydrogen-bond acceptors (Lipinski definition) is 4. The van der Waals surface area contributed by atoms with Gasteiger partial charge in [0, 0.05) is 21.8 Å². The molecule has 4 heteroatoms. The first-order valence-electron chi connectivity index (χ1n) is 7.91. The first-order chi connectivity index (χ1) is 9.82. The molecule has 2 atom stereocenters. The van der Waals surface area contributed by atoms with E-state index in [0.717, 1.165) is 26.0 Å². The molecule has 1 aliphatic rings. The maximum atomic E-state index is 6.08. The van der Waals surface area contributed by atoms with Gasteiger partial charge in [-0.05, 0) is 59.6 Å². The van der Waals surface area contributed by atoms with Crippen molar-refractivity contribution in [3.05, 3.63) is 21.9 Å². The summed E-state index contributed by atoms with van der Waals surface area (Å²) in [6, 6.07) is 4.40. The molecule has 21 heavy (non-hydrogen) atoms. The van der Waals surface area contributed by atoms with Crippen LogP contribution in [0.4, 0.5) is 0 Å². The van der Waals surface area contributed by atoms with Crippen LogP contribution in [0, 0.1) is 0 Å². The highest BCUT2D eigenvalue weighted by molar-refractivity contribution is 7.11. The quantitative estimate of drug-likeness (QED) is 0.887. The number of ether oxygens (including phenoxy) is 2. The lowest BCUT2D eigenvalue weighted by molar-refractivity contribution is -0.105. The fraction of sp³-hybridized carbons (Fsp3) is 0.765. The first kappa shape index (κ1) is 16.9. The van der Waals surface area contributed by atoms with E-state index in [-0.39, 0.29) is 5.54 Å². The highest BCUT2D eigenvalue weighted by Crippen LogP contribution is 2.24. The number of hydrogen-bond donors (Lipinski definition) is 1. The molecule has 1 fully saturated rings. The van der Waals surface area contributed by atoms with Gasteiger partial charge >= 0.3 is 0 Å². The van der Waals surface area contributed by atoms with Crippen molar-refractivity contribution in [1.29, 1.82) is 0 Å². The molecule has 120 valence electrons. The van der Waals surface area contributed by atoms with Crippen molar-refractivity contribution in [2.75, 3.05) is 0 Å². The van der Waals surface area contributed by atoms with Gasteiger partial charge in [0.2, 0.25) is 0 Å². The van der Waals surface area contributed by atoms with Crippen molar-refractivity contribution in [3.8, 4) is 0 Å². The third kappa shape index (κ3) is 6.07. The van der Waals surface area contributed by atoms with Crippen LogP contribution in [0.2, 0.25) is 0 Å². The average Bonchev–Trinajstić information content (AvgIpc) is 2.80. The molecule has 0 aromatic carbocycles. The molecule has 1 saturated heterocycles. The standard InChI is InChI=1S/C17H29NO2S/c1-12-8-14(9-13(2)20-12)19-11-16-7-6-15(21-16)10-18-17(3,4)5/h6-7,12-14,18H,8-11H2,1-5H3. The van der Waals surface area contributed by atoms with Crippen molar-refractivity contribution in [2.24, 2.45) is 0 Å². The summed E-state index contributed by atoms with van der Waals surface area (Å²) in [5, 5.41) is 3.52. The SMILES string of the molecule is CC1CC(OCc2ccc(CNC(C)(C)C)s2)CC(C)O1. The van der Waals surface area contributed by atoms with E-state index >= 15 is 0 Å². The van der Waals surface area contributed by atoms with Gasteiger partial charge in [-0.1, -0.05) is 0 Å². The van der Waals surface area contributed by atoms with E-state index in [4.69, 9.17) is 9.47 Å². The summed E-state index contributed by atoms with van der Waals surface area (Å²) in [6.07, 6.45) is 2.98. The minimum Gasteiger partial charge on any atom is -0.375 e. The van der Waals surface area contributed by atoms with E-state index in [1.165, 1.54) is 9.75 Å². The topological polar surface area (TPSA) is 30.5 Å². The second kappa shape index (κ2) is 7.23. The number of thiophene rings is 1. The molecule has 0 spiro atoms. The summed E-state index contributed by atoms with van der Waals surface area (Å²) >= 11 is 1.84. The van der Waals surface area contributed by atoms with Crippen LogP contribution in [0.3, 0.4) is 0 Å². The monoisotopic (exact) mass is 311 g/mol. The highest BCUT2D eigenvalue weighted by Gasteiger charge is 2.25. The second-order valence-electron chi connectivity index (χ2n) is 7.13. The normalized spacial score (nSPS) is 27.0. The van der Waals surface area contributed by atoms with Gasteiger partial charge in [-0.15, -0.1) is 11.3 Å². The summed E-state index contributed by atoms with van der Waals surface area (Å²) < 4.78 is 11.8. The molecular weight excluding hydrogens is 282 g/mol. The molecule has 3 nitrogen and oxygen atoms in total. The molecule has 1 aliphatic heterocycles. The van der Waals surface area contributed by atoms with Crippen LogP contribution < -0.4 is 5.32 Å². The highest BCUT2D eigenvalue weighted by atomic mass is 32.1. The van der Waals surface area contributed by atoms with E-state index in [1.807, 2.05) is 11.3 Å². The van der Waals surface area contributed by atoms with Crippen LogP contribution in [0.25, 0.3) is 0 Å². The average molecular weight is 311 g/mol. The Balaban J connectivity index is 1.77. The molecular formula is C17H29NO2S. The van der Waals surface area contributed by atoms with Crippen LogP contribution in [0.15, 0.2) is 12.1 Å². The lowest BCUT2D eigenvalue weighted by Crippen LogP contribution is -2.34. The Bertz CT molecular complexity index is 428. The van der Waals surface area contributed by atoms with Crippen LogP contribution in [0.1, 0.15) is 57.2 Å². The molecule has 0 radical (unpaired) electrons. The van der Waals surface area contributed by atoms with E-state index in [9.17, 15) is 0 Å². The molecule has 1 aromatic heterocycles. The van der Waals surface area contributed by atoms with Crippen LogP contribution in [-0.4, -0.2) is 23.9 Å². The summed E-state index contributed by atoms with van der Waals surface area (Å²) in [7, 11) is 0. The van der Waals surface area contributed by atoms with Gasteiger partial charge in [-0.3, -0.25) is 0 Å². The molecule has 2 unspecified atom stereocenters. The third-order valence-corrected chi connectivity index (χ3v) is 4.68. The van der Waals surface area contributed by atoms with E-state index in [2.05, 4.69) is 52.1 Å². The van der Waals surface area contributed by atoms with Crippen LogP contribution >= 0.6 is 11.3 Å². The van der Waals surface area contributed by atoms with Crippen molar-refractivity contribution in [1.82, 2.24) is 5.32 Å². The maximum absolute atomic E-state index is 6.08. The Kier molecular flexibility index (Phi) is 5.83. The summed E-state index contributed by atoms with van der Waals surface area (Å²) in [4.78, 5) is 2.68. The van der Waals surface area contributed by atoms with Crippen molar-refractivity contribution >= 4 is 11.3 Å². The molecule has 0 aliphatic carbocycles. The van der Waals surface area contributed by atoms with Crippen molar-refractivity contribution in [3.63, 3.8) is 0 Å². The lowest BCUT2D eigenvalue weighted by atomic mass is 10.0. The zero-order valence-corrected chi connectivity index (χ0v) is 14.8. The van der Waals surface area contributed by atoms with E-state index in [0.29, 0.717) is 18.3 Å². The molecule has 0 bridgehead atoms. The van der Waals surface area contributed by atoms with Crippen molar-refractivity contribution < 1.29 is 9.47 Å². The fourth-order valence-electron chi connectivity index (χ4n) is 2.63. The van der Waals surface area contributed by atoms with Gasteiger partial charge in [0.25, 0.3) is 0 Å². The minimum absolute atomic E-state index is 0.162. The molecule has 2 rings (SSSR count). The van der Waals surface area contributed by atoms with Gasteiger partial charge in [0.1, 0.15) is 0 Å². The first-order valence-corrected chi connectivity index (χ1v) is 8.73. The lowest BCUT2D eigenvalue weighted by Gasteiger charge is -2.31. The smallest absolute Gasteiger partial charge is 0.0813 e. The molecule has 0 amide bonds. The largest absolute Gasteiger partial charge is 0.375 e. The molecule has 1 N–H and O–H groups in total. The predicted molar refractivity (Wildman–Crippen MR) is 88.7 cm³/mol. The summed E-state index contributed by atoms with van der Waals surface area (Å²) in [5.41, 5.74) is 0.162. The minimum atomic E-state index is 0.162. The Hall–Kier alpha value is -0.420. The Morgan fingerprint density at radius 3 is 2.43 bits per heavy atom.